The maximum Gasteiger partial charge on any atom is 0.254 e. The predicted molar refractivity (Wildman–Crippen MR) is 127 cm³/mol. The van der Waals surface area contributed by atoms with Gasteiger partial charge in [0.25, 0.3) is 5.91 Å². The molecule has 0 saturated carbocycles. The van der Waals surface area contributed by atoms with Crippen LogP contribution in [0.15, 0.2) is 34.9 Å². The average Bonchev–Trinajstić information content (AvgIpc) is 3.56. The van der Waals surface area contributed by atoms with Crippen LogP contribution >= 0.6 is 0 Å². The lowest BCUT2D eigenvalue weighted by molar-refractivity contribution is 0.0713. The topological polar surface area (TPSA) is 79.0 Å². The third-order valence-corrected chi connectivity index (χ3v) is 5.91. The summed E-state index contributed by atoms with van der Waals surface area (Å²) in [5, 5.41) is 4.73. The Morgan fingerprint density at radius 1 is 1.06 bits per heavy atom. The van der Waals surface area contributed by atoms with Crippen LogP contribution in [0, 0.1) is 0 Å². The molecule has 1 amide bonds. The fourth-order valence-electron chi connectivity index (χ4n) is 4.49. The molecule has 2 aromatic heterocycles. The molecule has 0 atom stereocenters. The van der Waals surface area contributed by atoms with E-state index in [0.29, 0.717) is 61.5 Å². The standard InChI is InChI=1S/C26H33N3O5/c1-5-31-23-14-18(15-24(32-6-2)25(23)33-7-3)26(30)29(16-19-10-9-13-34-19)17-21-20-11-8-12-22(20)28(4)27-21/h9-10,13-15H,5-8,11-12,16-17H2,1-4H3. The molecule has 1 aromatic carbocycles. The quantitative estimate of drug-likeness (QED) is 0.412. The van der Waals surface area contributed by atoms with Gasteiger partial charge in [0.2, 0.25) is 5.75 Å². The van der Waals surface area contributed by atoms with Gasteiger partial charge in [-0.3, -0.25) is 9.48 Å². The van der Waals surface area contributed by atoms with E-state index in [9.17, 15) is 4.79 Å². The molecule has 1 aliphatic carbocycles. The van der Waals surface area contributed by atoms with Crippen LogP contribution in [-0.2, 0) is 33.0 Å². The van der Waals surface area contributed by atoms with Gasteiger partial charge in [-0.25, -0.2) is 0 Å². The van der Waals surface area contributed by atoms with Gasteiger partial charge in [-0.2, -0.15) is 5.10 Å². The van der Waals surface area contributed by atoms with Gasteiger partial charge < -0.3 is 23.5 Å². The maximum atomic E-state index is 13.9. The van der Waals surface area contributed by atoms with E-state index in [1.54, 1.807) is 23.3 Å². The first-order chi connectivity index (χ1) is 16.5. The molecule has 1 aliphatic rings. The number of fused-ring (bicyclic) bond motifs is 1. The van der Waals surface area contributed by atoms with Crippen molar-refractivity contribution in [2.24, 2.45) is 7.05 Å². The number of hydrogen-bond acceptors (Lipinski definition) is 6. The van der Waals surface area contributed by atoms with E-state index in [1.165, 1.54) is 11.3 Å². The van der Waals surface area contributed by atoms with E-state index in [0.717, 1.165) is 25.0 Å². The Balaban J connectivity index is 1.71. The highest BCUT2D eigenvalue weighted by atomic mass is 16.5. The van der Waals surface area contributed by atoms with E-state index in [1.807, 2.05) is 44.6 Å². The minimum absolute atomic E-state index is 0.154. The number of aromatic nitrogens is 2. The van der Waals surface area contributed by atoms with Crippen molar-refractivity contribution < 1.29 is 23.4 Å². The van der Waals surface area contributed by atoms with Crippen LogP contribution in [-0.4, -0.2) is 40.4 Å². The number of rotatable bonds is 11. The second-order valence-electron chi connectivity index (χ2n) is 8.19. The van der Waals surface area contributed by atoms with Crippen LogP contribution in [0.5, 0.6) is 17.2 Å². The molecule has 0 spiro atoms. The lowest BCUT2D eigenvalue weighted by Gasteiger charge is -2.23. The summed E-state index contributed by atoms with van der Waals surface area (Å²) in [4.78, 5) is 15.6. The molecule has 4 rings (SSSR count). The third-order valence-electron chi connectivity index (χ3n) is 5.91. The zero-order chi connectivity index (χ0) is 24.1. The smallest absolute Gasteiger partial charge is 0.254 e. The van der Waals surface area contributed by atoms with E-state index < -0.39 is 0 Å². The summed E-state index contributed by atoms with van der Waals surface area (Å²) in [5.41, 5.74) is 3.93. The van der Waals surface area contributed by atoms with Crippen molar-refractivity contribution in [2.75, 3.05) is 19.8 Å². The van der Waals surface area contributed by atoms with Crippen molar-refractivity contribution in [1.29, 1.82) is 0 Å². The van der Waals surface area contributed by atoms with E-state index >= 15 is 0 Å². The number of furan rings is 1. The number of carbonyl (C=O) groups excluding carboxylic acids is 1. The second kappa shape index (κ2) is 10.7. The zero-order valence-electron chi connectivity index (χ0n) is 20.4. The highest BCUT2D eigenvalue weighted by molar-refractivity contribution is 5.95. The van der Waals surface area contributed by atoms with Crippen molar-refractivity contribution in [1.82, 2.24) is 14.7 Å². The number of hydrogen-bond donors (Lipinski definition) is 0. The second-order valence-corrected chi connectivity index (χ2v) is 8.19. The Morgan fingerprint density at radius 2 is 1.76 bits per heavy atom. The molecule has 34 heavy (non-hydrogen) atoms. The average molecular weight is 468 g/mol. The third kappa shape index (κ3) is 4.90. The molecule has 0 fully saturated rings. The minimum Gasteiger partial charge on any atom is -0.490 e. The Bertz CT molecular complexity index is 1090. The molecule has 2 heterocycles. The Morgan fingerprint density at radius 3 is 2.38 bits per heavy atom. The predicted octanol–water partition coefficient (Wildman–Crippen LogP) is 4.54. The van der Waals surface area contributed by atoms with E-state index in [4.69, 9.17) is 23.7 Å². The molecule has 0 aliphatic heterocycles. The van der Waals surface area contributed by atoms with Crippen LogP contribution < -0.4 is 14.2 Å². The van der Waals surface area contributed by atoms with Crippen LogP contribution in [0.3, 0.4) is 0 Å². The summed E-state index contributed by atoms with van der Waals surface area (Å²) < 4.78 is 25.0. The molecule has 8 nitrogen and oxygen atoms in total. The molecule has 8 heteroatoms. The number of amides is 1. The monoisotopic (exact) mass is 467 g/mol. The highest BCUT2D eigenvalue weighted by Gasteiger charge is 2.27. The van der Waals surface area contributed by atoms with Crippen molar-refractivity contribution in [3.05, 3.63) is 58.8 Å². The SMILES string of the molecule is CCOc1cc(C(=O)N(Cc2ccco2)Cc2nn(C)c3c2CCC3)cc(OCC)c1OCC. The van der Waals surface area contributed by atoms with Crippen molar-refractivity contribution in [3.8, 4) is 17.2 Å². The van der Waals surface area contributed by atoms with Crippen LogP contribution in [0.4, 0.5) is 0 Å². The number of carbonyl (C=O) groups is 1. The zero-order valence-corrected chi connectivity index (χ0v) is 20.4. The molecular formula is C26H33N3O5. The summed E-state index contributed by atoms with van der Waals surface area (Å²) in [5.74, 6) is 2.06. The largest absolute Gasteiger partial charge is 0.490 e. The summed E-state index contributed by atoms with van der Waals surface area (Å²) >= 11 is 0. The van der Waals surface area contributed by atoms with Crippen molar-refractivity contribution in [2.45, 2.75) is 53.1 Å². The van der Waals surface area contributed by atoms with Crippen LogP contribution in [0.25, 0.3) is 0 Å². The van der Waals surface area contributed by atoms with Crippen molar-refractivity contribution >= 4 is 5.91 Å². The first kappa shape index (κ1) is 23.7. The van der Waals surface area contributed by atoms with Gasteiger partial charge in [0.05, 0.1) is 44.9 Å². The van der Waals surface area contributed by atoms with E-state index in [-0.39, 0.29) is 5.91 Å². The molecule has 0 bridgehead atoms. The van der Waals surface area contributed by atoms with Gasteiger partial charge >= 0.3 is 0 Å². The maximum absolute atomic E-state index is 13.9. The Hall–Kier alpha value is -3.42. The lowest BCUT2D eigenvalue weighted by Crippen LogP contribution is -2.30. The van der Waals surface area contributed by atoms with Crippen molar-refractivity contribution in [3.63, 3.8) is 0 Å². The molecule has 0 unspecified atom stereocenters. The molecule has 3 aromatic rings. The summed E-state index contributed by atoms with van der Waals surface area (Å²) in [6.45, 7) is 7.77. The van der Waals surface area contributed by atoms with Gasteiger partial charge in [-0.05, 0) is 69.9 Å². The minimum atomic E-state index is -0.154. The molecule has 0 saturated heterocycles. The number of benzene rings is 1. The summed E-state index contributed by atoms with van der Waals surface area (Å²) in [6, 6.07) is 7.17. The summed E-state index contributed by atoms with van der Waals surface area (Å²) in [6.07, 6.45) is 4.76. The first-order valence-corrected chi connectivity index (χ1v) is 12.0. The van der Waals surface area contributed by atoms with Gasteiger partial charge in [0.1, 0.15) is 5.76 Å². The van der Waals surface area contributed by atoms with Gasteiger partial charge in [-0.1, -0.05) is 0 Å². The molecular weight excluding hydrogens is 434 g/mol. The fraction of sp³-hybridized carbons (Fsp3) is 0.462. The Kier molecular flexibility index (Phi) is 7.45. The molecule has 0 N–H and O–H groups in total. The Labute approximate surface area is 200 Å². The lowest BCUT2D eigenvalue weighted by atomic mass is 10.1. The highest BCUT2D eigenvalue weighted by Crippen LogP contribution is 2.39. The number of nitrogens with zero attached hydrogens (tertiary/aromatic N) is 3. The number of aryl methyl sites for hydroxylation is 1. The van der Waals surface area contributed by atoms with Gasteiger partial charge in [0.15, 0.2) is 11.5 Å². The molecule has 182 valence electrons. The number of ether oxygens (including phenoxy) is 3. The normalized spacial score (nSPS) is 12.5. The molecule has 0 radical (unpaired) electrons. The summed E-state index contributed by atoms with van der Waals surface area (Å²) in [7, 11) is 1.97. The fourth-order valence-corrected chi connectivity index (χ4v) is 4.49. The van der Waals surface area contributed by atoms with Crippen LogP contribution in [0.2, 0.25) is 0 Å². The van der Waals surface area contributed by atoms with Gasteiger partial charge in [0, 0.05) is 18.3 Å². The first-order valence-electron chi connectivity index (χ1n) is 12.0. The van der Waals surface area contributed by atoms with E-state index in [2.05, 4.69) is 0 Å². The van der Waals surface area contributed by atoms with Crippen LogP contribution in [0.1, 0.15) is 60.3 Å². The van der Waals surface area contributed by atoms with Gasteiger partial charge in [-0.15, -0.1) is 0 Å².